The minimum absolute atomic E-state index is 0.00127. The molecule has 162 valence electrons. The third-order valence-corrected chi connectivity index (χ3v) is 5.98. The molecule has 0 fully saturated rings. The number of nitrogens with one attached hydrogen (secondary N) is 2. The van der Waals surface area contributed by atoms with Gasteiger partial charge in [-0.15, -0.1) is 10.2 Å². The Morgan fingerprint density at radius 1 is 1.17 bits per heavy atom. The third-order valence-electron chi connectivity index (χ3n) is 5.09. The van der Waals surface area contributed by atoms with Crippen molar-refractivity contribution >= 4 is 28.3 Å². The summed E-state index contributed by atoms with van der Waals surface area (Å²) in [6.07, 6.45) is 4.08. The first-order valence-corrected chi connectivity index (χ1v) is 11.2. The standard InChI is InChI=1S/C21H28N4O4S/c1-4-6-7-8-17(26)22-18(13(3)5-2)19(27)23-21-25-24-20(30-21)14-9-10-15-16(11-14)29-12-28-15/h9-11,13,18H,4-8,12H2,1-3H3,(H,22,26)(H,23,25,27). The molecule has 2 heterocycles. The molecule has 1 aromatic carbocycles. The van der Waals surface area contributed by atoms with Crippen molar-refractivity contribution < 1.29 is 19.1 Å². The molecule has 0 aliphatic carbocycles. The van der Waals surface area contributed by atoms with E-state index in [1.165, 1.54) is 11.3 Å². The molecule has 2 aromatic rings. The van der Waals surface area contributed by atoms with Crippen LogP contribution in [0.3, 0.4) is 0 Å². The third kappa shape index (κ3) is 5.47. The molecule has 2 unspecified atom stereocenters. The Hall–Kier alpha value is -2.68. The van der Waals surface area contributed by atoms with Crippen LogP contribution in [0.4, 0.5) is 5.13 Å². The van der Waals surface area contributed by atoms with Crippen molar-refractivity contribution in [1.29, 1.82) is 0 Å². The summed E-state index contributed by atoms with van der Waals surface area (Å²) >= 11 is 1.27. The molecule has 8 nitrogen and oxygen atoms in total. The number of fused-ring (bicyclic) bond motifs is 1. The smallest absolute Gasteiger partial charge is 0.249 e. The van der Waals surface area contributed by atoms with Crippen molar-refractivity contribution in [3.63, 3.8) is 0 Å². The largest absolute Gasteiger partial charge is 0.454 e. The number of nitrogens with zero attached hydrogens (tertiary/aromatic N) is 2. The van der Waals surface area contributed by atoms with E-state index in [2.05, 4.69) is 27.8 Å². The average Bonchev–Trinajstić information content (AvgIpc) is 3.40. The van der Waals surface area contributed by atoms with E-state index in [4.69, 9.17) is 9.47 Å². The predicted octanol–water partition coefficient (Wildman–Crippen LogP) is 3.98. The number of carbonyl (C=O) groups excluding carboxylic acids is 2. The summed E-state index contributed by atoms with van der Waals surface area (Å²) < 4.78 is 10.7. The molecule has 1 aromatic heterocycles. The lowest BCUT2D eigenvalue weighted by Crippen LogP contribution is -2.47. The molecule has 0 saturated carbocycles. The van der Waals surface area contributed by atoms with Gasteiger partial charge in [-0.3, -0.25) is 14.9 Å². The molecule has 30 heavy (non-hydrogen) atoms. The van der Waals surface area contributed by atoms with Crippen LogP contribution in [0.15, 0.2) is 18.2 Å². The van der Waals surface area contributed by atoms with Crippen molar-refractivity contribution in [2.75, 3.05) is 12.1 Å². The van der Waals surface area contributed by atoms with Gasteiger partial charge in [0.25, 0.3) is 0 Å². The molecule has 0 radical (unpaired) electrons. The van der Waals surface area contributed by atoms with Crippen molar-refractivity contribution in [2.45, 2.75) is 58.9 Å². The first-order valence-electron chi connectivity index (χ1n) is 10.4. The van der Waals surface area contributed by atoms with Gasteiger partial charge in [0, 0.05) is 12.0 Å². The topological polar surface area (TPSA) is 102 Å². The minimum atomic E-state index is -0.609. The molecule has 0 bridgehead atoms. The summed E-state index contributed by atoms with van der Waals surface area (Å²) in [6.45, 7) is 6.25. The fraction of sp³-hybridized carbons (Fsp3) is 0.524. The fourth-order valence-electron chi connectivity index (χ4n) is 3.09. The van der Waals surface area contributed by atoms with Gasteiger partial charge in [-0.05, 0) is 30.5 Å². The molecule has 3 rings (SSSR count). The van der Waals surface area contributed by atoms with E-state index in [0.29, 0.717) is 28.1 Å². The molecule has 9 heteroatoms. The number of amides is 2. The van der Waals surface area contributed by atoms with Crippen LogP contribution < -0.4 is 20.1 Å². The Labute approximate surface area is 180 Å². The summed E-state index contributed by atoms with van der Waals surface area (Å²) in [5, 5.41) is 15.0. The number of aromatic nitrogens is 2. The molecule has 0 saturated heterocycles. The summed E-state index contributed by atoms with van der Waals surface area (Å²) in [5.41, 5.74) is 0.833. The van der Waals surface area contributed by atoms with Crippen LogP contribution in [-0.2, 0) is 9.59 Å². The molecule has 1 aliphatic rings. The lowest BCUT2D eigenvalue weighted by Gasteiger charge is -2.23. The number of anilines is 1. The van der Waals surface area contributed by atoms with Crippen LogP contribution >= 0.6 is 11.3 Å². The van der Waals surface area contributed by atoms with E-state index < -0.39 is 6.04 Å². The summed E-state index contributed by atoms with van der Waals surface area (Å²) in [6, 6.07) is 4.93. The zero-order chi connectivity index (χ0) is 21.5. The highest BCUT2D eigenvalue weighted by Gasteiger charge is 2.27. The van der Waals surface area contributed by atoms with Gasteiger partial charge in [0.2, 0.25) is 23.7 Å². The van der Waals surface area contributed by atoms with Crippen LogP contribution in [0.5, 0.6) is 11.5 Å². The second kappa shape index (κ2) is 10.4. The Morgan fingerprint density at radius 3 is 2.73 bits per heavy atom. The molecule has 1 aliphatic heterocycles. The Morgan fingerprint density at radius 2 is 1.97 bits per heavy atom. The van der Waals surface area contributed by atoms with E-state index in [1.807, 2.05) is 32.0 Å². The van der Waals surface area contributed by atoms with Crippen LogP contribution in [0.1, 0.15) is 52.9 Å². The van der Waals surface area contributed by atoms with Gasteiger partial charge in [0.15, 0.2) is 11.5 Å². The zero-order valence-electron chi connectivity index (χ0n) is 17.6. The van der Waals surface area contributed by atoms with E-state index >= 15 is 0 Å². The highest BCUT2D eigenvalue weighted by molar-refractivity contribution is 7.18. The van der Waals surface area contributed by atoms with Gasteiger partial charge in [-0.1, -0.05) is 51.4 Å². The number of ether oxygens (including phenoxy) is 2. The first-order chi connectivity index (χ1) is 14.5. The monoisotopic (exact) mass is 432 g/mol. The minimum Gasteiger partial charge on any atom is -0.454 e. The van der Waals surface area contributed by atoms with Crippen molar-refractivity contribution in [3.8, 4) is 22.1 Å². The van der Waals surface area contributed by atoms with Crippen LogP contribution in [-0.4, -0.2) is 34.8 Å². The Bertz CT molecular complexity index is 886. The molecular formula is C21H28N4O4S. The normalized spacial score (nSPS) is 14.2. The first kappa shape index (κ1) is 22.0. The van der Waals surface area contributed by atoms with Gasteiger partial charge in [-0.25, -0.2) is 0 Å². The second-order valence-electron chi connectivity index (χ2n) is 7.36. The number of carbonyl (C=O) groups is 2. The van der Waals surface area contributed by atoms with Crippen molar-refractivity contribution in [1.82, 2.24) is 15.5 Å². The van der Waals surface area contributed by atoms with Crippen molar-refractivity contribution in [3.05, 3.63) is 18.2 Å². The lowest BCUT2D eigenvalue weighted by molar-refractivity contribution is -0.127. The van der Waals surface area contributed by atoms with Crippen molar-refractivity contribution in [2.24, 2.45) is 5.92 Å². The number of unbranched alkanes of at least 4 members (excludes halogenated alkanes) is 2. The van der Waals surface area contributed by atoms with Crippen LogP contribution in [0.25, 0.3) is 10.6 Å². The van der Waals surface area contributed by atoms with E-state index in [1.54, 1.807) is 0 Å². The molecule has 2 amide bonds. The van der Waals surface area contributed by atoms with Crippen LogP contribution in [0.2, 0.25) is 0 Å². The summed E-state index contributed by atoms with van der Waals surface area (Å²) in [5.74, 6) is 0.990. The Kier molecular flexibility index (Phi) is 7.62. The van der Waals surface area contributed by atoms with E-state index in [0.717, 1.165) is 31.2 Å². The van der Waals surface area contributed by atoms with Gasteiger partial charge in [0.1, 0.15) is 11.0 Å². The number of rotatable bonds is 10. The van der Waals surface area contributed by atoms with Gasteiger partial charge >= 0.3 is 0 Å². The van der Waals surface area contributed by atoms with Gasteiger partial charge in [0.05, 0.1) is 0 Å². The predicted molar refractivity (Wildman–Crippen MR) is 116 cm³/mol. The second-order valence-corrected chi connectivity index (χ2v) is 8.34. The highest BCUT2D eigenvalue weighted by Crippen LogP contribution is 2.37. The van der Waals surface area contributed by atoms with E-state index in [9.17, 15) is 9.59 Å². The van der Waals surface area contributed by atoms with Gasteiger partial charge < -0.3 is 14.8 Å². The van der Waals surface area contributed by atoms with Gasteiger partial charge in [-0.2, -0.15) is 0 Å². The molecule has 2 atom stereocenters. The average molecular weight is 433 g/mol. The van der Waals surface area contributed by atoms with E-state index in [-0.39, 0.29) is 24.5 Å². The molecule has 0 spiro atoms. The number of benzene rings is 1. The maximum absolute atomic E-state index is 12.9. The fourth-order valence-corrected chi connectivity index (χ4v) is 3.83. The number of hydrogen-bond donors (Lipinski definition) is 2. The van der Waals surface area contributed by atoms with Crippen LogP contribution in [0, 0.1) is 5.92 Å². The number of hydrogen-bond acceptors (Lipinski definition) is 7. The SMILES string of the molecule is CCCCCC(=O)NC(C(=O)Nc1nnc(-c2ccc3c(c2)OCO3)s1)C(C)CC. The molecular weight excluding hydrogens is 404 g/mol. The summed E-state index contributed by atoms with van der Waals surface area (Å²) in [7, 11) is 0. The maximum atomic E-state index is 12.9. The zero-order valence-corrected chi connectivity index (χ0v) is 18.4. The maximum Gasteiger partial charge on any atom is 0.249 e. The quantitative estimate of drug-likeness (QED) is 0.551. The Balaban J connectivity index is 1.65. The lowest BCUT2D eigenvalue weighted by atomic mass is 9.98. The summed E-state index contributed by atoms with van der Waals surface area (Å²) in [4.78, 5) is 25.1. The highest BCUT2D eigenvalue weighted by atomic mass is 32.1. The molecule has 2 N–H and O–H groups in total.